The smallest absolute Gasteiger partial charge is 0.197 e. The third kappa shape index (κ3) is 3.07. The zero-order valence-corrected chi connectivity index (χ0v) is 17.7. The van der Waals surface area contributed by atoms with E-state index in [-0.39, 0.29) is 10.3 Å². The highest BCUT2D eigenvalue weighted by Crippen LogP contribution is 2.25. The number of benzene rings is 2. The van der Waals surface area contributed by atoms with Crippen molar-refractivity contribution in [3.63, 3.8) is 0 Å². The van der Waals surface area contributed by atoms with Gasteiger partial charge in [0, 0.05) is 36.4 Å². The Bertz CT molecular complexity index is 853. The fraction of sp³-hybridized carbons (Fsp3) is 0.188. The van der Waals surface area contributed by atoms with Crippen LogP contribution >= 0.6 is 63.7 Å². The summed E-state index contributed by atoms with van der Waals surface area (Å²) in [5.74, 6) is 0. The summed E-state index contributed by atoms with van der Waals surface area (Å²) in [6.07, 6.45) is 0. The summed E-state index contributed by atoms with van der Waals surface area (Å²) in [6, 6.07) is 11.7. The summed E-state index contributed by atoms with van der Waals surface area (Å²) in [5, 5.41) is 2.30. The topological polar surface area (TPSA) is 22.0 Å². The van der Waals surface area contributed by atoms with Gasteiger partial charge in [-0.25, -0.2) is 0 Å². The molecular weight excluding hydrogens is 542 g/mol. The number of nitrogens with zero attached hydrogens (tertiary/aromatic N) is 1. The zero-order valence-electron chi connectivity index (χ0n) is 11.3. The first-order valence-electron chi connectivity index (χ1n) is 6.62. The average Bonchev–Trinajstić information content (AvgIpc) is 2.51. The number of alkyl halides is 2. The maximum absolute atomic E-state index is 12.8. The second kappa shape index (κ2) is 6.75. The van der Waals surface area contributed by atoms with Crippen LogP contribution in [0.2, 0.25) is 0 Å². The summed E-state index contributed by atoms with van der Waals surface area (Å²) >= 11 is 14.1. The molecule has 1 heterocycles. The molecule has 0 spiro atoms. The van der Waals surface area contributed by atoms with Crippen LogP contribution in [-0.2, 0) is 6.54 Å². The zero-order chi connectivity index (χ0) is 15.9. The lowest BCUT2D eigenvalue weighted by molar-refractivity contribution is 0.751. The average molecular weight is 553 g/mol. The Morgan fingerprint density at radius 2 is 1.45 bits per heavy atom. The van der Waals surface area contributed by atoms with Crippen LogP contribution < -0.4 is 5.43 Å². The summed E-state index contributed by atoms with van der Waals surface area (Å²) in [5.41, 5.74) is 1.97. The molecule has 2 nitrogen and oxygen atoms in total. The quantitative estimate of drug-likeness (QED) is 0.296. The van der Waals surface area contributed by atoms with Crippen molar-refractivity contribution in [2.24, 2.45) is 0 Å². The predicted molar refractivity (Wildman–Crippen MR) is 108 cm³/mol. The maximum atomic E-state index is 12.8. The van der Waals surface area contributed by atoms with Crippen LogP contribution in [0.3, 0.4) is 0 Å². The van der Waals surface area contributed by atoms with Crippen molar-refractivity contribution in [3.05, 3.63) is 55.6 Å². The third-order valence-corrected chi connectivity index (χ3v) is 6.79. The van der Waals surface area contributed by atoms with Crippen molar-refractivity contribution in [3.8, 4) is 0 Å². The van der Waals surface area contributed by atoms with Gasteiger partial charge in [0.2, 0.25) is 0 Å². The number of pyridine rings is 1. The third-order valence-electron chi connectivity index (χ3n) is 3.54. The predicted octanol–water partition coefficient (Wildman–Crippen LogP) is 5.84. The first-order valence-corrected chi connectivity index (χ1v) is 10.2. The summed E-state index contributed by atoms with van der Waals surface area (Å²) < 4.78 is 4.02. The molecule has 2 aromatic carbocycles. The number of aromatic nitrogens is 1. The highest BCUT2D eigenvalue weighted by molar-refractivity contribution is 9.12. The molecule has 22 heavy (non-hydrogen) atoms. The number of fused-ring (bicyclic) bond motifs is 2. The van der Waals surface area contributed by atoms with E-state index in [0.29, 0.717) is 0 Å². The van der Waals surface area contributed by atoms with Gasteiger partial charge in [0.05, 0.1) is 11.0 Å². The van der Waals surface area contributed by atoms with Crippen LogP contribution in [0, 0.1) is 0 Å². The molecule has 0 aliphatic carbocycles. The first-order chi connectivity index (χ1) is 10.5. The lowest BCUT2D eigenvalue weighted by atomic mass is 10.1. The molecule has 0 fully saturated rings. The van der Waals surface area contributed by atoms with E-state index < -0.39 is 0 Å². The molecule has 0 unspecified atom stereocenters. The van der Waals surface area contributed by atoms with Crippen LogP contribution in [0.25, 0.3) is 21.8 Å². The normalized spacial score (nSPS) is 12.9. The molecule has 0 aliphatic rings. The monoisotopic (exact) mass is 549 g/mol. The Labute approximate surface area is 161 Å². The molecule has 1 aromatic heterocycles. The largest absolute Gasteiger partial charge is 0.339 e. The van der Waals surface area contributed by atoms with E-state index in [1.807, 2.05) is 36.4 Å². The van der Waals surface area contributed by atoms with Crippen molar-refractivity contribution >= 4 is 85.5 Å². The van der Waals surface area contributed by atoms with E-state index >= 15 is 0 Å². The standard InChI is InChI=1S/C16H11Br4NO/c17-7-11(20)8-21-14-3-1-9(18)5-12(14)16(22)13-6-10(19)2-4-15(13)21/h1-6,11H,7-8H2/t11-/m0/s1. The van der Waals surface area contributed by atoms with Crippen molar-refractivity contribution in [2.45, 2.75) is 11.4 Å². The van der Waals surface area contributed by atoms with Crippen molar-refractivity contribution in [1.29, 1.82) is 0 Å². The second-order valence-corrected chi connectivity index (χ2v) is 8.79. The van der Waals surface area contributed by atoms with Gasteiger partial charge in [-0.05, 0) is 36.4 Å². The Balaban J connectivity index is 2.46. The first kappa shape index (κ1) is 16.7. The second-order valence-electron chi connectivity index (χ2n) is 5.01. The van der Waals surface area contributed by atoms with E-state index in [0.717, 1.165) is 42.6 Å². The fourth-order valence-electron chi connectivity index (χ4n) is 2.57. The lowest BCUT2D eigenvalue weighted by Crippen LogP contribution is -2.17. The molecule has 0 saturated carbocycles. The van der Waals surface area contributed by atoms with Crippen LogP contribution in [0.4, 0.5) is 0 Å². The van der Waals surface area contributed by atoms with Gasteiger partial charge in [-0.3, -0.25) is 4.79 Å². The molecule has 1 atom stereocenters. The highest BCUT2D eigenvalue weighted by atomic mass is 79.9. The highest BCUT2D eigenvalue weighted by Gasteiger charge is 2.14. The number of hydrogen-bond acceptors (Lipinski definition) is 1. The molecule has 0 amide bonds. The van der Waals surface area contributed by atoms with Crippen LogP contribution in [0.15, 0.2) is 50.1 Å². The number of rotatable bonds is 3. The van der Waals surface area contributed by atoms with Crippen LogP contribution in [-0.4, -0.2) is 14.7 Å². The minimum absolute atomic E-state index is 0.0637. The van der Waals surface area contributed by atoms with Gasteiger partial charge in [-0.1, -0.05) is 63.7 Å². The van der Waals surface area contributed by atoms with Crippen molar-refractivity contribution in [1.82, 2.24) is 4.57 Å². The molecule has 0 N–H and O–H groups in total. The van der Waals surface area contributed by atoms with Gasteiger partial charge in [0.1, 0.15) is 0 Å². The molecular formula is C16H11Br4NO. The Morgan fingerprint density at radius 1 is 0.955 bits per heavy atom. The van der Waals surface area contributed by atoms with Crippen molar-refractivity contribution in [2.75, 3.05) is 5.33 Å². The van der Waals surface area contributed by atoms with Gasteiger partial charge in [-0.2, -0.15) is 0 Å². The molecule has 0 radical (unpaired) electrons. The van der Waals surface area contributed by atoms with E-state index in [9.17, 15) is 4.79 Å². The van der Waals surface area contributed by atoms with Crippen molar-refractivity contribution < 1.29 is 0 Å². The molecule has 3 aromatic rings. The summed E-state index contributed by atoms with van der Waals surface area (Å²) in [4.78, 5) is 13.1. The molecule has 0 saturated heterocycles. The van der Waals surface area contributed by atoms with Gasteiger partial charge in [0.15, 0.2) is 5.43 Å². The molecule has 0 bridgehead atoms. The molecule has 114 valence electrons. The molecule has 3 rings (SSSR count). The van der Waals surface area contributed by atoms with Crippen LogP contribution in [0.5, 0.6) is 0 Å². The van der Waals surface area contributed by atoms with E-state index in [1.54, 1.807) is 0 Å². The molecule has 6 heteroatoms. The summed E-state index contributed by atoms with van der Waals surface area (Å²) in [6.45, 7) is 0.780. The maximum Gasteiger partial charge on any atom is 0.197 e. The summed E-state index contributed by atoms with van der Waals surface area (Å²) in [7, 11) is 0. The minimum Gasteiger partial charge on any atom is -0.339 e. The van der Waals surface area contributed by atoms with E-state index in [2.05, 4.69) is 68.3 Å². The number of hydrogen-bond donors (Lipinski definition) is 0. The Hall–Kier alpha value is -0.170. The van der Waals surface area contributed by atoms with Crippen LogP contribution in [0.1, 0.15) is 0 Å². The van der Waals surface area contributed by atoms with E-state index in [4.69, 9.17) is 0 Å². The van der Waals surface area contributed by atoms with Gasteiger partial charge in [0.25, 0.3) is 0 Å². The minimum atomic E-state index is 0.0637. The van der Waals surface area contributed by atoms with E-state index in [1.165, 1.54) is 0 Å². The molecule has 0 aliphatic heterocycles. The lowest BCUT2D eigenvalue weighted by Gasteiger charge is -2.17. The SMILES string of the molecule is O=c1c2cc(Br)ccc2n(C[C@@H](Br)CBr)c2ccc(Br)cc12. The van der Waals surface area contributed by atoms with Gasteiger partial charge < -0.3 is 4.57 Å². The Morgan fingerprint density at radius 3 is 1.91 bits per heavy atom. The number of halogens is 4. The Kier molecular flexibility index (Phi) is 5.12. The fourth-order valence-corrected chi connectivity index (χ4v) is 3.79. The van der Waals surface area contributed by atoms with Gasteiger partial charge in [-0.15, -0.1) is 0 Å². The van der Waals surface area contributed by atoms with Gasteiger partial charge >= 0.3 is 0 Å².